The SMILES string of the molecule is O=C(NCCCCCN1C(=O)N(CCCCCNC(=O)Nc2ccccc2)[C@H](Cc2ccccc2)[C@H](O)[C@@H](O)[C@H]1Cc1ccccc1)Nc1ccccc1. The zero-order valence-electron chi connectivity index (χ0n) is 30.9. The Hall–Kier alpha value is -5.39. The first-order valence-corrected chi connectivity index (χ1v) is 19.1. The number of carbonyl (C=O) groups excluding carboxylic acids is 3. The number of aliphatic hydroxyl groups excluding tert-OH is 2. The van der Waals surface area contributed by atoms with E-state index in [-0.39, 0.29) is 18.1 Å². The first-order valence-electron chi connectivity index (χ1n) is 19.1. The zero-order chi connectivity index (χ0) is 38.0. The Morgan fingerprint density at radius 1 is 0.500 bits per heavy atom. The number of para-hydroxylation sites is 2. The highest BCUT2D eigenvalue weighted by molar-refractivity contribution is 5.89. The largest absolute Gasteiger partial charge is 0.388 e. The number of amides is 6. The Morgan fingerprint density at radius 3 is 1.22 bits per heavy atom. The summed E-state index contributed by atoms with van der Waals surface area (Å²) in [5.41, 5.74) is 3.38. The molecule has 1 aliphatic heterocycles. The summed E-state index contributed by atoms with van der Waals surface area (Å²) in [6.07, 6.45) is 2.71. The molecule has 1 heterocycles. The number of aliphatic hydroxyl groups is 2. The van der Waals surface area contributed by atoms with Crippen LogP contribution in [0.4, 0.5) is 25.8 Å². The summed E-state index contributed by atoms with van der Waals surface area (Å²) in [7, 11) is 0. The molecule has 4 atom stereocenters. The van der Waals surface area contributed by atoms with E-state index >= 15 is 0 Å². The summed E-state index contributed by atoms with van der Waals surface area (Å²) in [6.45, 7) is 1.75. The molecule has 4 aromatic rings. The fraction of sp³-hybridized carbons (Fsp3) is 0.372. The Balaban J connectivity index is 1.23. The van der Waals surface area contributed by atoms with Gasteiger partial charge in [0.05, 0.1) is 12.1 Å². The Morgan fingerprint density at radius 2 is 0.852 bits per heavy atom. The van der Waals surface area contributed by atoms with E-state index in [4.69, 9.17) is 0 Å². The van der Waals surface area contributed by atoms with Crippen molar-refractivity contribution in [1.82, 2.24) is 20.4 Å². The average Bonchev–Trinajstić information content (AvgIpc) is 3.25. The van der Waals surface area contributed by atoms with Crippen molar-refractivity contribution in [3.63, 3.8) is 0 Å². The molecule has 0 aromatic heterocycles. The molecular formula is C43H54N6O5. The molecule has 11 nitrogen and oxygen atoms in total. The van der Waals surface area contributed by atoms with Crippen molar-refractivity contribution < 1.29 is 24.6 Å². The molecule has 1 fully saturated rings. The van der Waals surface area contributed by atoms with Crippen LogP contribution >= 0.6 is 0 Å². The van der Waals surface area contributed by atoms with Gasteiger partial charge in [0.2, 0.25) is 0 Å². The summed E-state index contributed by atoms with van der Waals surface area (Å²) in [6, 6.07) is 36.0. The molecule has 0 unspecified atom stereocenters. The lowest BCUT2D eigenvalue weighted by atomic mass is 9.91. The van der Waals surface area contributed by atoms with Gasteiger partial charge >= 0.3 is 18.1 Å². The van der Waals surface area contributed by atoms with Gasteiger partial charge in [0, 0.05) is 37.6 Å². The number of benzene rings is 4. The van der Waals surface area contributed by atoms with Gasteiger partial charge in [-0.1, -0.05) is 97.1 Å². The molecule has 0 aliphatic carbocycles. The molecule has 6 amide bonds. The van der Waals surface area contributed by atoms with Gasteiger partial charge in [-0.25, -0.2) is 14.4 Å². The Labute approximate surface area is 318 Å². The monoisotopic (exact) mass is 734 g/mol. The van der Waals surface area contributed by atoms with E-state index in [1.807, 2.05) is 121 Å². The number of urea groups is 3. The van der Waals surface area contributed by atoms with Crippen molar-refractivity contribution in [3.8, 4) is 0 Å². The second kappa shape index (κ2) is 21.3. The second-order valence-electron chi connectivity index (χ2n) is 13.8. The van der Waals surface area contributed by atoms with Gasteiger partial charge in [-0.05, 0) is 86.8 Å². The predicted molar refractivity (Wildman–Crippen MR) is 213 cm³/mol. The quantitative estimate of drug-likeness (QED) is 0.0634. The molecule has 11 heteroatoms. The summed E-state index contributed by atoms with van der Waals surface area (Å²) in [5, 5.41) is 35.2. The highest BCUT2D eigenvalue weighted by Gasteiger charge is 2.45. The lowest BCUT2D eigenvalue weighted by Crippen LogP contribution is -2.51. The maximum absolute atomic E-state index is 14.7. The molecule has 0 saturated carbocycles. The van der Waals surface area contributed by atoms with Gasteiger partial charge in [-0.15, -0.1) is 0 Å². The standard InChI is InChI=1S/C43H54N6O5/c50-39-37(31-33-19-7-1-8-20-33)48(29-17-5-15-27-44-41(52)46-35-23-11-3-12-24-35)43(54)49(38(40(39)51)32-34-21-9-2-10-22-34)30-18-6-16-28-45-42(53)47-36-25-13-4-14-26-36/h1-4,7-14,19-26,37-40,50-51H,5-6,15-18,27-32H2,(H2,44,46,52)(H2,45,47,53)/t37-,38-,39+,40+/m1/s1. The maximum atomic E-state index is 14.7. The van der Waals surface area contributed by atoms with E-state index in [0.29, 0.717) is 51.9 Å². The van der Waals surface area contributed by atoms with Crippen LogP contribution in [0.1, 0.15) is 49.7 Å². The normalized spacial score (nSPS) is 18.4. The van der Waals surface area contributed by atoms with Gasteiger partial charge in [0.15, 0.2) is 0 Å². The molecule has 286 valence electrons. The predicted octanol–water partition coefficient (Wildman–Crippen LogP) is 6.65. The van der Waals surface area contributed by atoms with Gasteiger partial charge < -0.3 is 41.3 Å². The molecule has 6 N–H and O–H groups in total. The number of hydrogen-bond acceptors (Lipinski definition) is 5. The number of rotatable bonds is 18. The highest BCUT2D eigenvalue weighted by Crippen LogP contribution is 2.28. The number of nitrogens with zero attached hydrogens (tertiary/aromatic N) is 2. The molecule has 0 bridgehead atoms. The van der Waals surface area contributed by atoms with Crippen LogP contribution in [0.2, 0.25) is 0 Å². The summed E-state index contributed by atoms with van der Waals surface area (Å²) in [4.78, 5) is 42.9. The van der Waals surface area contributed by atoms with Crippen molar-refractivity contribution in [2.75, 3.05) is 36.8 Å². The van der Waals surface area contributed by atoms with Crippen LogP contribution in [-0.2, 0) is 12.8 Å². The van der Waals surface area contributed by atoms with E-state index in [0.717, 1.165) is 48.2 Å². The molecule has 1 aliphatic rings. The molecule has 1 saturated heterocycles. The van der Waals surface area contributed by atoms with Crippen molar-refractivity contribution in [1.29, 1.82) is 0 Å². The van der Waals surface area contributed by atoms with Gasteiger partial charge in [-0.2, -0.15) is 0 Å². The number of carbonyl (C=O) groups is 3. The number of anilines is 2. The third kappa shape index (κ3) is 12.3. The molecule has 54 heavy (non-hydrogen) atoms. The van der Waals surface area contributed by atoms with E-state index in [1.165, 1.54) is 0 Å². The second-order valence-corrected chi connectivity index (χ2v) is 13.8. The van der Waals surface area contributed by atoms with Crippen LogP contribution in [0.15, 0.2) is 121 Å². The third-order valence-electron chi connectivity index (χ3n) is 9.79. The van der Waals surface area contributed by atoms with E-state index in [9.17, 15) is 24.6 Å². The highest BCUT2D eigenvalue weighted by atomic mass is 16.3. The molecule has 5 rings (SSSR count). The van der Waals surface area contributed by atoms with Crippen LogP contribution < -0.4 is 21.3 Å². The molecule has 4 aromatic carbocycles. The van der Waals surface area contributed by atoms with Crippen LogP contribution in [-0.4, -0.2) is 88.6 Å². The van der Waals surface area contributed by atoms with Crippen molar-refractivity contribution in [2.45, 2.75) is 75.7 Å². The average molecular weight is 735 g/mol. The minimum Gasteiger partial charge on any atom is -0.388 e. The molecule has 0 radical (unpaired) electrons. The first-order chi connectivity index (χ1) is 26.4. The minimum atomic E-state index is -1.18. The number of unbranched alkanes of at least 4 members (excludes halogenated alkanes) is 4. The van der Waals surface area contributed by atoms with E-state index in [1.54, 1.807) is 9.80 Å². The molecule has 0 spiro atoms. The zero-order valence-corrected chi connectivity index (χ0v) is 30.9. The fourth-order valence-electron chi connectivity index (χ4n) is 6.93. The van der Waals surface area contributed by atoms with Gasteiger partial charge in [-0.3, -0.25) is 0 Å². The summed E-state index contributed by atoms with van der Waals surface area (Å²) >= 11 is 0. The molecular weight excluding hydrogens is 681 g/mol. The third-order valence-corrected chi connectivity index (χ3v) is 9.79. The topological polar surface area (TPSA) is 146 Å². The summed E-state index contributed by atoms with van der Waals surface area (Å²) < 4.78 is 0. The van der Waals surface area contributed by atoms with Crippen molar-refractivity contribution >= 4 is 29.5 Å². The maximum Gasteiger partial charge on any atom is 0.320 e. The van der Waals surface area contributed by atoms with Crippen LogP contribution in [0, 0.1) is 0 Å². The van der Waals surface area contributed by atoms with E-state index < -0.39 is 24.3 Å². The lowest BCUT2D eigenvalue weighted by Gasteiger charge is -2.36. The number of nitrogens with one attached hydrogen (secondary N) is 4. The van der Waals surface area contributed by atoms with Crippen molar-refractivity contribution in [2.24, 2.45) is 0 Å². The Bertz CT molecular complexity index is 1570. The van der Waals surface area contributed by atoms with Gasteiger partial charge in [0.1, 0.15) is 12.2 Å². The van der Waals surface area contributed by atoms with Crippen LogP contribution in [0.3, 0.4) is 0 Å². The van der Waals surface area contributed by atoms with Crippen LogP contribution in [0.25, 0.3) is 0 Å². The van der Waals surface area contributed by atoms with E-state index in [2.05, 4.69) is 21.3 Å². The Kier molecular flexibility index (Phi) is 15.7. The first kappa shape index (κ1) is 39.8. The lowest BCUT2D eigenvalue weighted by molar-refractivity contribution is -0.0396. The van der Waals surface area contributed by atoms with Crippen molar-refractivity contribution in [3.05, 3.63) is 132 Å². The summed E-state index contributed by atoms with van der Waals surface area (Å²) in [5.74, 6) is 0. The minimum absolute atomic E-state index is 0.201. The number of hydrogen-bond donors (Lipinski definition) is 6. The fourth-order valence-corrected chi connectivity index (χ4v) is 6.93. The van der Waals surface area contributed by atoms with Crippen LogP contribution in [0.5, 0.6) is 0 Å². The van der Waals surface area contributed by atoms with Gasteiger partial charge in [0.25, 0.3) is 0 Å². The smallest absolute Gasteiger partial charge is 0.320 e.